The minimum absolute atomic E-state index is 0.686. The van der Waals surface area contributed by atoms with Gasteiger partial charge < -0.3 is 14.8 Å². The first-order valence-electron chi connectivity index (χ1n) is 6.50. The van der Waals surface area contributed by atoms with Crippen molar-refractivity contribution in [3.63, 3.8) is 0 Å². The van der Waals surface area contributed by atoms with E-state index < -0.39 is 0 Å². The molecule has 0 unspecified atom stereocenters. The summed E-state index contributed by atoms with van der Waals surface area (Å²) in [4.78, 5) is 4.15. The first kappa shape index (κ1) is 14.9. The van der Waals surface area contributed by atoms with Gasteiger partial charge in [-0.2, -0.15) is 0 Å². The molecule has 1 rings (SSSR count). The number of nitrogens with one attached hydrogen (secondary N) is 1. The molecular weight excluding hydrogens is 228 g/mol. The molecule has 0 fully saturated rings. The van der Waals surface area contributed by atoms with Crippen LogP contribution in [0.2, 0.25) is 0 Å². The van der Waals surface area contributed by atoms with Crippen LogP contribution in [-0.4, -0.2) is 31.9 Å². The predicted octanol–water partition coefficient (Wildman–Crippen LogP) is 2.24. The molecule has 0 atom stereocenters. The van der Waals surface area contributed by atoms with Gasteiger partial charge in [0.15, 0.2) is 0 Å². The molecule has 1 heterocycles. The molecule has 0 aromatic carbocycles. The van der Waals surface area contributed by atoms with Gasteiger partial charge >= 0.3 is 0 Å². The second-order valence-electron chi connectivity index (χ2n) is 4.64. The highest BCUT2D eigenvalue weighted by molar-refractivity contribution is 5.24. The van der Waals surface area contributed by atoms with Crippen LogP contribution in [0.15, 0.2) is 18.3 Å². The van der Waals surface area contributed by atoms with Crippen molar-refractivity contribution < 1.29 is 9.47 Å². The van der Waals surface area contributed by atoms with Gasteiger partial charge in [0.1, 0.15) is 0 Å². The van der Waals surface area contributed by atoms with Gasteiger partial charge in [-0.15, -0.1) is 0 Å². The van der Waals surface area contributed by atoms with Gasteiger partial charge in [-0.3, -0.25) is 0 Å². The Morgan fingerprint density at radius 1 is 1.33 bits per heavy atom. The Labute approximate surface area is 110 Å². The largest absolute Gasteiger partial charge is 0.481 e. The van der Waals surface area contributed by atoms with Gasteiger partial charge in [0.2, 0.25) is 5.88 Å². The quantitative estimate of drug-likeness (QED) is 0.685. The van der Waals surface area contributed by atoms with Gasteiger partial charge in [-0.25, -0.2) is 4.98 Å². The number of aromatic nitrogens is 1. The normalized spacial score (nSPS) is 10.9. The predicted molar refractivity (Wildman–Crippen MR) is 72.8 cm³/mol. The van der Waals surface area contributed by atoms with E-state index in [1.807, 2.05) is 12.1 Å². The van der Waals surface area contributed by atoms with E-state index in [1.54, 1.807) is 13.3 Å². The standard InChI is InChI=1S/C14H24N2O2/c1-12(2)6-9-18-10-8-15-11-13-5-4-7-16-14(13)17-3/h4-5,7,12,15H,6,8-11H2,1-3H3. The fourth-order valence-electron chi connectivity index (χ4n) is 1.53. The molecule has 18 heavy (non-hydrogen) atoms. The van der Waals surface area contributed by atoms with Gasteiger partial charge in [0.25, 0.3) is 0 Å². The fourth-order valence-corrected chi connectivity index (χ4v) is 1.53. The van der Waals surface area contributed by atoms with Crippen LogP contribution in [0.1, 0.15) is 25.8 Å². The third kappa shape index (κ3) is 5.98. The molecule has 0 spiro atoms. The summed E-state index contributed by atoms with van der Waals surface area (Å²) in [5, 5.41) is 3.32. The average Bonchev–Trinajstić information content (AvgIpc) is 2.37. The molecule has 0 aliphatic heterocycles. The van der Waals surface area contributed by atoms with Gasteiger partial charge in [0, 0.05) is 31.5 Å². The first-order valence-corrected chi connectivity index (χ1v) is 6.50. The molecule has 4 nitrogen and oxygen atoms in total. The number of pyridine rings is 1. The van der Waals surface area contributed by atoms with E-state index in [4.69, 9.17) is 9.47 Å². The number of hydrogen-bond acceptors (Lipinski definition) is 4. The van der Waals surface area contributed by atoms with Gasteiger partial charge in [0.05, 0.1) is 13.7 Å². The molecule has 1 N–H and O–H groups in total. The molecule has 0 radical (unpaired) electrons. The van der Waals surface area contributed by atoms with Crippen molar-refractivity contribution in [2.45, 2.75) is 26.8 Å². The summed E-state index contributed by atoms with van der Waals surface area (Å²) in [5.41, 5.74) is 1.07. The van der Waals surface area contributed by atoms with Crippen LogP contribution in [-0.2, 0) is 11.3 Å². The summed E-state index contributed by atoms with van der Waals surface area (Å²) in [6, 6.07) is 3.93. The Kier molecular flexibility index (Phi) is 7.37. The average molecular weight is 252 g/mol. The SMILES string of the molecule is COc1ncccc1CNCCOCCC(C)C. The third-order valence-electron chi connectivity index (χ3n) is 2.62. The zero-order chi connectivity index (χ0) is 13.2. The van der Waals surface area contributed by atoms with Gasteiger partial charge in [-0.1, -0.05) is 19.9 Å². The minimum Gasteiger partial charge on any atom is -0.481 e. The molecule has 0 saturated heterocycles. The molecule has 1 aromatic heterocycles. The van der Waals surface area contributed by atoms with E-state index >= 15 is 0 Å². The minimum atomic E-state index is 0.686. The number of ether oxygens (including phenoxy) is 2. The molecule has 4 heteroatoms. The van der Waals surface area contributed by atoms with Crippen molar-refractivity contribution in [2.75, 3.05) is 26.9 Å². The number of hydrogen-bond donors (Lipinski definition) is 1. The van der Waals surface area contributed by atoms with Crippen LogP contribution in [0.5, 0.6) is 5.88 Å². The summed E-state index contributed by atoms with van der Waals surface area (Å²) >= 11 is 0. The number of rotatable bonds is 9. The third-order valence-corrected chi connectivity index (χ3v) is 2.62. The number of methoxy groups -OCH3 is 1. The Morgan fingerprint density at radius 3 is 2.89 bits per heavy atom. The monoisotopic (exact) mass is 252 g/mol. The summed E-state index contributed by atoms with van der Waals surface area (Å²) in [6.07, 6.45) is 2.85. The van der Waals surface area contributed by atoms with Crippen LogP contribution < -0.4 is 10.1 Å². The zero-order valence-corrected chi connectivity index (χ0v) is 11.6. The van der Waals surface area contributed by atoms with E-state index in [1.165, 1.54) is 0 Å². The van der Waals surface area contributed by atoms with Crippen LogP contribution in [0.4, 0.5) is 0 Å². The lowest BCUT2D eigenvalue weighted by molar-refractivity contribution is 0.125. The lowest BCUT2D eigenvalue weighted by Crippen LogP contribution is -2.20. The van der Waals surface area contributed by atoms with E-state index in [9.17, 15) is 0 Å². The Balaban J connectivity index is 2.10. The fraction of sp³-hybridized carbons (Fsp3) is 0.643. The van der Waals surface area contributed by atoms with Crippen LogP contribution in [0.3, 0.4) is 0 Å². The van der Waals surface area contributed by atoms with Crippen LogP contribution >= 0.6 is 0 Å². The molecule has 1 aromatic rings. The molecule has 0 aliphatic carbocycles. The lowest BCUT2D eigenvalue weighted by Gasteiger charge is -2.09. The van der Waals surface area contributed by atoms with Crippen LogP contribution in [0.25, 0.3) is 0 Å². The van der Waals surface area contributed by atoms with Crippen molar-refractivity contribution in [3.8, 4) is 5.88 Å². The highest BCUT2D eigenvalue weighted by Gasteiger charge is 2.01. The molecule has 0 aliphatic rings. The van der Waals surface area contributed by atoms with Crippen molar-refractivity contribution >= 4 is 0 Å². The maximum Gasteiger partial charge on any atom is 0.217 e. The maximum absolute atomic E-state index is 5.53. The Bertz CT molecular complexity index is 329. The first-order chi connectivity index (χ1) is 8.74. The van der Waals surface area contributed by atoms with Crippen molar-refractivity contribution in [3.05, 3.63) is 23.9 Å². The second kappa shape index (κ2) is 8.89. The Morgan fingerprint density at radius 2 is 2.17 bits per heavy atom. The smallest absolute Gasteiger partial charge is 0.217 e. The van der Waals surface area contributed by atoms with Gasteiger partial charge in [-0.05, 0) is 18.4 Å². The summed E-state index contributed by atoms with van der Waals surface area (Å²) in [6.45, 7) is 7.60. The van der Waals surface area contributed by atoms with E-state index in [-0.39, 0.29) is 0 Å². The highest BCUT2D eigenvalue weighted by Crippen LogP contribution is 2.12. The topological polar surface area (TPSA) is 43.4 Å². The lowest BCUT2D eigenvalue weighted by atomic mass is 10.1. The number of nitrogens with zero attached hydrogens (tertiary/aromatic N) is 1. The summed E-state index contributed by atoms with van der Waals surface area (Å²) < 4.78 is 10.7. The molecule has 0 amide bonds. The summed E-state index contributed by atoms with van der Waals surface area (Å²) in [7, 11) is 1.64. The van der Waals surface area contributed by atoms with Crippen molar-refractivity contribution in [1.82, 2.24) is 10.3 Å². The highest BCUT2D eigenvalue weighted by atomic mass is 16.5. The van der Waals surface area contributed by atoms with Crippen molar-refractivity contribution in [2.24, 2.45) is 5.92 Å². The second-order valence-corrected chi connectivity index (χ2v) is 4.64. The molecule has 102 valence electrons. The van der Waals surface area contributed by atoms with Crippen molar-refractivity contribution in [1.29, 1.82) is 0 Å². The Hall–Kier alpha value is -1.13. The van der Waals surface area contributed by atoms with Crippen LogP contribution in [0, 0.1) is 5.92 Å². The van der Waals surface area contributed by atoms with E-state index in [0.29, 0.717) is 11.8 Å². The van der Waals surface area contributed by atoms with E-state index in [2.05, 4.69) is 24.1 Å². The molecular formula is C14H24N2O2. The molecule has 0 saturated carbocycles. The summed E-state index contributed by atoms with van der Waals surface area (Å²) in [5.74, 6) is 1.39. The van der Waals surface area contributed by atoms with E-state index in [0.717, 1.165) is 38.3 Å². The maximum atomic E-state index is 5.53. The zero-order valence-electron chi connectivity index (χ0n) is 11.6. The molecule has 0 bridgehead atoms.